The van der Waals surface area contributed by atoms with Crippen LogP contribution in [0, 0.1) is 17.8 Å². The molecule has 0 saturated heterocycles. The maximum Gasteiger partial charge on any atom is 0.119 e. The summed E-state index contributed by atoms with van der Waals surface area (Å²) in [5.74, 6) is 3.08. The molecule has 13 heteroatoms. The summed E-state index contributed by atoms with van der Waals surface area (Å²) in [7, 11) is 0. The third-order valence-electron chi connectivity index (χ3n) is 7.26. The molecule has 0 fully saturated rings. The average molecular weight is 796 g/mol. The minimum absolute atomic E-state index is 0. The van der Waals surface area contributed by atoms with Gasteiger partial charge in [-0.25, -0.2) is 0 Å². The molecule has 6 N–H and O–H groups in total. The van der Waals surface area contributed by atoms with Crippen LogP contribution in [0.2, 0.25) is 0 Å². The van der Waals surface area contributed by atoms with Gasteiger partial charge in [-0.15, -0.1) is 74.4 Å². The molecular weight excluding hydrogens is 721 g/mol. The van der Waals surface area contributed by atoms with E-state index in [9.17, 15) is 0 Å². The Morgan fingerprint density at radius 1 is 0.489 bits per heavy atom. The number of benzene rings is 1. The normalized spacial score (nSPS) is 10.3. The molecule has 0 amide bonds. The first-order valence-corrected chi connectivity index (χ1v) is 16.9. The largest absolute Gasteiger partial charge is 0.493 e. The second-order valence-corrected chi connectivity index (χ2v) is 12.4. The van der Waals surface area contributed by atoms with Gasteiger partial charge in [0.1, 0.15) is 5.75 Å². The van der Waals surface area contributed by atoms with Gasteiger partial charge in [-0.05, 0) is 132 Å². The summed E-state index contributed by atoms with van der Waals surface area (Å²) in [6, 6.07) is 6.78. The average Bonchev–Trinajstić information content (AvgIpc) is 2.94. The molecule has 0 aliphatic rings. The van der Waals surface area contributed by atoms with E-state index in [1.165, 1.54) is 24.0 Å². The number of nitrogens with one attached hydrogen (secondary N) is 6. The van der Waals surface area contributed by atoms with E-state index in [1.54, 1.807) is 0 Å². The lowest BCUT2D eigenvalue weighted by molar-refractivity contribution is 0.240. The molecule has 0 heterocycles. The number of hydrogen-bond donors (Lipinski definition) is 6. The Hall–Kier alpha value is 0.520. The summed E-state index contributed by atoms with van der Waals surface area (Å²) in [6.07, 6.45) is 6.98. The van der Waals surface area contributed by atoms with Crippen molar-refractivity contribution in [3.05, 3.63) is 29.3 Å². The zero-order chi connectivity index (χ0) is 30.0. The number of halogens is 6. The molecule has 0 unspecified atom stereocenters. The molecule has 0 bridgehead atoms. The summed E-state index contributed by atoms with van der Waals surface area (Å²) >= 11 is 0. The van der Waals surface area contributed by atoms with Crippen molar-refractivity contribution in [3.63, 3.8) is 0 Å². The van der Waals surface area contributed by atoms with Crippen LogP contribution in [0.15, 0.2) is 18.2 Å². The van der Waals surface area contributed by atoms with Gasteiger partial charge in [-0.2, -0.15) is 0 Å². The van der Waals surface area contributed by atoms with E-state index in [0.29, 0.717) is 5.92 Å². The predicted molar refractivity (Wildman–Crippen MR) is 223 cm³/mol. The number of ether oxygens (including phenoxy) is 1. The maximum atomic E-state index is 6.27. The first kappa shape index (κ1) is 59.7. The minimum Gasteiger partial charge on any atom is -0.493 e. The lowest BCUT2D eigenvalue weighted by atomic mass is 10.1. The van der Waals surface area contributed by atoms with E-state index >= 15 is 0 Å². The van der Waals surface area contributed by atoms with Crippen LogP contribution in [0.1, 0.15) is 91.2 Å². The van der Waals surface area contributed by atoms with Crippen molar-refractivity contribution in [2.75, 3.05) is 72.1 Å². The van der Waals surface area contributed by atoms with Crippen molar-refractivity contribution in [1.29, 1.82) is 0 Å². The van der Waals surface area contributed by atoms with E-state index in [0.717, 1.165) is 128 Å². The van der Waals surface area contributed by atoms with Crippen molar-refractivity contribution in [2.45, 2.75) is 93.2 Å². The molecular formula is C34H74Cl6N6O. The van der Waals surface area contributed by atoms with Crippen LogP contribution in [-0.2, 0) is 13.1 Å². The Balaban J connectivity index is -0.000000700. The molecule has 0 radical (unpaired) electrons. The molecule has 0 saturated carbocycles. The second-order valence-electron chi connectivity index (χ2n) is 12.4. The number of rotatable bonds is 29. The van der Waals surface area contributed by atoms with E-state index in [2.05, 4.69) is 91.6 Å². The fourth-order valence-corrected chi connectivity index (χ4v) is 4.60. The van der Waals surface area contributed by atoms with Crippen LogP contribution in [-0.4, -0.2) is 72.1 Å². The van der Waals surface area contributed by atoms with Crippen LogP contribution >= 0.6 is 74.4 Å². The molecule has 0 spiro atoms. The molecule has 47 heavy (non-hydrogen) atoms. The molecule has 1 rings (SSSR count). The first-order chi connectivity index (χ1) is 19.9. The Bertz CT molecular complexity index is 688. The van der Waals surface area contributed by atoms with Crippen LogP contribution in [0.4, 0.5) is 0 Å². The Labute approximate surface area is 327 Å². The standard InChI is InChI=1S/C34H68N6O.6ClH/c1-7-31(8-2)28-41-34-22-32(26-39-19-11-15-35-13-9-17-37-24-29(3)4)21-33(23-34)27-40-20-12-16-36-14-10-18-38-25-30(5)6;;;;;;/h21-23,29-31,35-40H,7-20,24-28H2,1-6H3;6*1H. The molecule has 0 aliphatic heterocycles. The van der Waals surface area contributed by atoms with E-state index in [-0.39, 0.29) is 74.4 Å². The van der Waals surface area contributed by atoms with Gasteiger partial charge in [0.15, 0.2) is 0 Å². The van der Waals surface area contributed by atoms with Gasteiger partial charge >= 0.3 is 0 Å². The summed E-state index contributed by atoms with van der Waals surface area (Å²) in [4.78, 5) is 0. The van der Waals surface area contributed by atoms with Crippen molar-refractivity contribution in [1.82, 2.24) is 31.9 Å². The topological polar surface area (TPSA) is 81.4 Å². The molecule has 0 atom stereocenters. The third-order valence-corrected chi connectivity index (χ3v) is 7.26. The zero-order valence-corrected chi connectivity index (χ0v) is 35.2. The van der Waals surface area contributed by atoms with Gasteiger partial charge in [0.05, 0.1) is 6.61 Å². The Morgan fingerprint density at radius 3 is 1.17 bits per heavy atom. The van der Waals surface area contributed by atoms with Gasteiger partial charge in [-0.1, -0.05) is 60.5 Å². The molecule has 0 aromatic heterocycles. The van der Waals surface area contributed by atoms with Gasteiger partial charge in [0.2, 0.25) is 0 Å². The van der Waals surface area contributed by atoms with Gasteiger partial charge < -0.3 is 36.6 Å². The third kappa shape index (κ3) is 37.6. The molecule has 7 nitrogen and oxygen atoms in total. The quantitative estimate of drug-likeness (QED) is 0.0471. The highest BCUT2D eigenvalue weighted by molar-refractivity contribution is 5.86. The van der Waals surface area contributed by atoms with E-state index < -0.39 is 0 Å². The van der Waals surface area contributed by atoms with Crippen LogP contribution in [0.5, 0.6) is 5.75 Å². The smallest absolute Gasteiger partial charge is 0.119 e. The monoisotopic (exact) mass is 792 g/mol. The van der Waals surface area contributed by atoms with E-state index in [4.69, 9.17) is 4.74 Å². The van der Waals surface area contributed by atoms with Gasteiger partial charge in [-0.3, -0.25) is 0 Å². The first-order valence-electron chi connectivity index (χ1n) is 16.9. The van der Waals surface area contributed by atoms with Crippen molar-refractivity contribution < 1.29 is 4.74 Å². The van der Waals surface area contributed by atoms with Crippen molar-refractivity contribution >= 4 is 74.4 Å². The van der Waals surface area contributed by atoms with Gasteiger partial charge in [0.25, 0.3) is 0 Å². The second kappa shape index (κ2) is 42.7. The molecule has 0 aliphatic carbocycles. The highest BCUT2D eigenvalue weighted by Gasteiger charge is 2.07. The van der Waals surface area contributed by atoms with Crippen molar-refractivity contribution in [3.8, 4) is 5.75 Å². The summed E-state index contributed by atoms with van der Waals surface area (Å²) in [5.41, 5.74) is 2.61. The highest BCUT2D eigenvalue weighted by Crippen LogP contribution is 2.20. The molecule has 288 valence electrons. The molecule has 1 aromatic rings. The Morgan fingerprint density at radius 2 is 0.830 bits per heavy atom. The number of hydrogen-bond acceptors (Lipinski definition) is 7. The zero-order valence-electron chi connectivity index (χ0n) is 30.3. The van der Waals surface area contributed by atoms with E-state index in [1.807, 2.05) is 0 Å². The fraction of sp³-hybridized carbons (Fsp3) is 0.824. The van der Waals surface area contributed by atoms with Crippen LogP contribution in [0.25, 0.3) is 0 Å². The summed E-state index contributed by atoms with van der Waals surface area (Å²) in [6.45, 7) is 26.8. The minimum atomic E-state index is 0. The SMILES string of the molecule is CCC(CC)COc1cc(CNCCCNCCCNCC(C)C)cc(CNCCCNCCCNCC(C)C)c1.Cl.Cl.Cl.Cl.Cl.Cl. The fourth-order valence-electron chi connectivity index (χ4n) is 4.60. The van der Waals surface area contributed by atoms with Crippen LogP contribution < -0.4 is 36.6 Å². The lowest BCUT2D eigenvalue weighted by Crippen LogP contribution is -2.26. The predicted octanol–water partition coefficient (Wildman–Crippen LogP) is 7.44. The van der Waals surface area contributed by atoms with Crippen molar-refractivity contribution in [2.24, 2.45) is 17.8 Å². The van der Waals surface area contributed by atoms with Gasteiger partial charge in [0, 0.05) is 13.1 Å². The lowest BCUT2D eigenvalue weighted by Gasteiger charge is -2.16. The van der Waals surface area contributed by atoms with Crippen LogP contribution in [0.3, 0.4) is 0 Å². The molecule has 1 aromatic carbocycles. The highest BCUT2D eigenvalue weighted by atomic mass is 35.5. The maximum absolute atomic E-state index is 6.27. The summed E-state index contributed by atoms with van der Waals surface area (Å²) < 4.78 is 6.27. The Kier molecular flexibility index (Phi) is 54.2. The summed E-state index contributed by atoms with van der Waals surface area (Å²) in [5, 5.41) is 21.4.